The van der Waals surface area contributed by atoms with Crippen molar-refractivity contribution >= 4 is 0 Å². The maximum absolute atomic E-state index is 5.82. The first-order chi connectivity index (χ1) is 6.83. The third kappa shape index (κ3) is 4.94. The van der Waals surface area contributed by atoms with E-state index < -0.39 is 0 Å². The van der Waals surface area contributed by atoms with Gasteiger partial charge in [-0.25, -0.2) is 0 Å². The van der Waals surface area contributed by atoms with Crippen LogP contribution in [0.4, 0.5) is 0 Å². The first-order valence-corrected chi connectivity index (χ1v) is 5.77. The SMILES string of the molecule is CNCCCCOC1CCN(C)CC1. The fourth-order valence-corrected chi connectivity index (χ4v) is 1.81. The first kappa shape index (κ1) is 12.0. The minimum Gasteiger partial charge on any atom is -0.378 e. The zero-order valence-electron chi connectivity index (χ0n) is 9.59. The van der Waals surface area contributed by atoms with Gasteiger partial charge in [0.05, 0.1) is 6.10 Å². The Kier molecular flexibility index (Phi) is 6.15. The molecule has 1 rings (SSSR count). The van der Waals surface area contributed by atoms with Gasteiger partial charge in [-0.3, -0.25) is 0 Å². The zero-order chi connectivity index (χ0) is 10.2. The first-order valence-electron chi connectivity index (χ1n) is 5.77. The average Bonchev–Trinajstić information content (AvgIpc) is 2.21. The highest BCUT2D eigenvalue weighted by molar-refractivity contribution is 4.69. The molecule has 1 saturated heterocycles. The Hall–Kier alpha value is -0.120. The predicted octanol–water partition coefficient (Wildman–Crippen LogP) is 1.10. The lowest BCUT2D eigenvalue weighted by molar-refractivity contribution is 0.0110. The normalized spacial score (nSPS) is 20.1. The second-order valence-corrected chi connectivity index (χ2v) is 4.18. The highest BCUT2D eigenvalue weighted by Crippen LogP contribution is 2.12. The van der Waals surface area contributed by atoms with Gasteiger partial charge in [-0.2, -0.15) is 0 Å². The van der Waals surface area contributed by atoms with E-state index in [0.29, 0.717) is 6.10 Å². The van der Waals surface area contributed by atoms with E-state index in [9.17, 15) is 0 Å². The van der Waals surface area contributed by atoms with Crippen LogP contribution in [-0.4, -0.2) is 51.3 Å². The molecule has 0 atom stereocenters. The summed E-state index contributed by atoms with van der Waals surface area (Å²) < 4.78 is 5.82. The lowest BCUT2D eigenvalue weighted by Crippen LogP contribution is -2.34. The van der Waals surface area contributed by atoms with Gasteiger partial charge < -0.3 is 15.0 Å². The van der Waals surface area contributed by atoms with Gasteiger partial charge in [0.2, 0.25) is 0 Å². The van der Waals surface area contributed by atoms with Crippen LogP contribution in [0, 0.1) is 0 Å². The molecule has 14 heavy (non-hydrogen) atoms. The van der Waals surface area contributed by atoms with Crippen LogP contribution in [-0.2, 0) is 4.74 Å². The summed E-state index contributed by atoms with van der Waals surface area (Å²) in [6.45, 7) is 4.44. The van der Waals surface area contributed by atoms with Crippen LogP contribution in [0.15, 0.2) is 0 Å². The Morgan fingerprint density at radius 2 is 2.00 bits per heavy atom. The molecule has 0 bridgehead atoms. The highest BCUT2D eigenvalue weighted by atomic mass is 16.5. The molecule has 0 aromatic rings. The van der Waals surface area contributed by atoms with Crippen LogP contribution in [0.3, 0.4) is 0 Å². The number of nitrogens with zero attached hydrogens (tertiary/aromatic N) is 1. The molecule has 3 heteroatoms. The van der Waals surface area contributed by atoms with Gasteiger partial charge in [0.15, 0.2) is 0 Å². The summed E-state index contributed by atoms with van der Waals surface area (Å²) in [4.78, 5) is 2.38. The van der Waals surface area contributed by atoms with Gasteiger partial charge in [0, 0.05) is 19.7 Å². The van der Waals surface area contributed by atoms with E-state index in [1.54, 1.807) is 0 Å². The van der Waals surface area contributed by atoms with Crippen molar-refractivity contribution < 1.29 is 4.74 Å². The minimum atomic E-state index is 0.529. The smallest absolute Gasteiger partial charge is 0.0599 e. The van der Waals surface area contributed by atoms with Crippen LogP contribution in [0.5, 0.6) is 0 Å². The topological polar surface area (TPSA) is 24.5 Å². The lowest BCUT2D eigenvalue weighted by Gasteiger charge is -2.28. The van der Waals surface area contributed by atoms with Crippen molar-refractivity contribution in [3.63, 3.8) is 0 Å². The average molecular weight is 200 g/mol. The van der Waals surface area contributed by atoms with Crippen molar-refractivity contribution in [1.82, 2.24) is 10.2 Å². The third-order valence-corrected chi connectivity index (χ3v) is 2.84. The molecule has 0 radical (unpaired) electrons. The molecular weight excluding hydrogens is 176 g/mol. The Balaban J connectivity index is 1.91. The fraction of sp³-hybridized carbons (Fsp3) is 1.00. The molecule has 3 nitrogen and oxygen atoms in total. The number of hydrogen-bond acceptors (Lipinski definition) is 3. The standard InChI is InChI=1S/C11H24N2O/c1-12-7-3-4-10-14-11-5-8-13(2)9-6-11/h11-12H,3-10H2,1-2H3. The molecule has 0 spiro atoms. The second kappa shape index (κ2) is 7.21. The monoisotopic (exact) mass is 200 g/mol. The number of likely N-dealkylation sites (tertiary alicyclic amines) is 1. The molecule has 1 fully saturated rings. The van der Waals surface area contributed by atoms with Crippen molar-refractivity contribution in [1.29, 1.82) is 0 Å². The quantitative estimate of drug-likeness (QED) is 0.650. The number of unbranched alkanes of at least 4 members (excludes halogenated alkanes) is 1. The third-order valence-electron chi connectivity index (χ3n) is 2.84. The van der Waals surface area contributed by atoms with E-state index in [2.05, 4.69) is 17.3 Å². The van der Waals surface area contributed by atoms with Crippen LogP contribution in [0.2, 0.25) is 0 Å². The highest BCUT2D eigenvalue weighted by Gasteiger charge is 2.16. The van der Waals surface area contributed by atoms with Gasteiger partial charge >= 0.3 is 0 Å². The second-order valence-electron chi connectivity index (χ2n) is 4.18. The molecule has 1 aliphatic rings. The minimum absolute atomic E-state index is 0.529. The number of ether oxygens (including phenoxy) is 1. The largest absolute Gasteiger partial charge is 0.378 e. The predicted molar refractivity (Wildman–Crippen MR) is 59.6 cm³/mol. The van der Waals surface area contributed by atoms with Crippen molar-refractivity contribution in [2.24, 2.45) is 0 Å². The number of nitrogens with one attached hydrogen (secondary N) is 1. The van der Waals surface area contributed by atoms with E-state index in [4.69, 9.17) is 4.74 Å². The summed E-state index contributed by atoms with van der Waals surface area (Å²) in [7, 11) is 4.18. The molecular formula is C11H24N2O. The summed E-state index contributed by atoms with van der Waals surface area (Å²) in [5.74, 6) is 0. The van der Waals surface area contributed by atoms with Gasteiger partial charge in [-0.05, 0) is 46.3 Å². The summed E-state index contributed by atoms with van der Waals surface area (Å²) in [5.41, 5.74) is 0. The number of hydrogen-bond donors (Lipinski definition) is 1. The van der Waals surface area contributed by atoms with Crippen LogP contribution >= 0.6 is 0 Å². The van der Waals surface area contributed by atoms with Crippen LogP contribution in [0.25, 0.3) is 0 Å². The van der Waals surface area contributed by atoms with Gasteiger partial charge in [-0.15, -0.1) is 0 Å². The molecule has 1 aliphatic heterocycles. The van der Waals surface area contributed by atoms with E-state index in [1.807, 2.05) is 7.05 Å². The summed E-state index contributed by atoms with van der Waals surface area (Å²) in [5, 5.41) is 3.15. The molecule has 0 saturated carbocycles. The Labute approximate surface area is 87.8 Å². The zero-order valence-corrected chi connectivity index (χ0v) is 9.59. The van der Waals surface area contributed by atoms with Crippen molar-refractivity contribution in [2.75, 3.05) is 40.3 Å². The lowest BCUT2D eigenvalue weighted by atomic mass is 10.1. The Morgan fingerprint density at radius 1 is 1.29 bits per heavy atom. The van der Waals surface area contributed by atoms with Gasteiger partial charge in [-0.1, -0.05) is 0 Å². The van der Waals surface area contributed by atoms with E-state index in [-0.39, 0.29) is 0 Å². The molecule has 1 N–H and O–H groups in total. The summed E-state index contributed by atoms with van der Waals surface area (Å²) >= 11 is 0. The molecule has 0 aromatic carbocycles. The van der Waals surface area contributed by atoms with Crippen LogP contribution < -0.4 is 5.32 Å². The van der Waals surface area contributed by atoms with Crippen molar-refractivity contribution in [2.45, 2.75) is 31.8 Å². The molecule has 0 aromatic heterocycles. The Bertz CT molecular complexity index is 133. The van der Waals surface area contributed by atoms with E-state index in [0.717, 1.165) is 13.2 Å². The summed E-state index contributed by atoms with van der Waals surface area (Å²) in [6.07, 6.45) is 5.36. The van der Waals surface area contributed by atoms with Crippen molar-refractivity contribution in [3.8, 4) is 0 Å². The molecule has 0 aliphatic carbocycles. The van der Waals surface area contributed by atoms with Gasteiger partial charge in [0.1, 0.15) is 0 Å². The maximum atomic E-state index is 5.82. The Morgan fingerprint density at radius 3 is 2.64 bits per heavy atom. The van der Waals surface area contributed by atoms with Crippen molar-refractivity contribution in [3.05, 3.63) is 0 Å². The maximum Gasteiger partial charge on any atom is 0.0599 e. The van der Waals surface area contributed by atoms with E-state index >= 15 is 0 Å². The molecule has 0 amide bonds. The van der Waals surface area contributed by atoms with E-state index in [1.165, 1.54) is 38.8 Å². The summed E-state index contributed by atoms with van der Waals surface area (Å²) in [6, 6.07) is 0. The van der Waals surface area contributed by atoms with Crippen LogP contribution in [0.1, 0.15) is 25.7 Å². The fourth-order valence-electron chi connectivity index (χ4n) is 1.81. The molecule has 84 valence electrons. The van der Waals surface area contributed by atoms with Gasteiger partial charge in [0.25, 0.3) is 0 Å². The number of rotatable bonds is 6. The molecule has 0 unspecified atom stereocenters. The molecule has 1 heterocycles. The number of piperidine rings is 1.